The maximum absolute atomic E-state index is 13.4. The molecule has 2 atom stereocenters. The molecule has 104 valence electrons. The average Bonchev–Trinajstić information content (AvgIpc) is 2.46. The van der Waals surface area contributed by atoms with E-state index in [2.05, 4.69) is 52.4 Å². The minimum atomic E-state index is -0.215. The van der Waals surface area contributed by atoms with Crippen LogP contribution in [0.25, 0.3) is 0 Å². The van der Waals surface area contributed by atoms with Crippen LogP contribution in [0.5, 0.6) is 0 Å². The lowest BCUT2D eigenvalue weighted by atomic mass is 9.81. The average molecular weight is 334 g/mol. The molecule has 1 aliphatic carbocycles. The molecule has 0 heterocycles. The summed E-state index contributed by atoms with van der Waals surface area (Å²) in [6.07, 6.45) is 2.22. The van der Waals surface area contributed by atoms with Gasteiger partial charge in [-0.15, -0.1) is 0 Å². The van der Waals surface area contributed by atoms with E-state index in [0.29, 0.717) is 5.92 Å². The Labute approximate surface area is 127 Å². The molecule has 3 rings (SSSR count). The molecule has 2 aromatic carbocycles. The van der Waals surface area contributed by atoms with Crippen molar-refractivity contribution >= 4 is 21.6 Å². The minimum Gasteiger partial charge on any atom is -0.377 e. The Morgan fingerprint density at radius 2 is 1.85 bits per heavy atom. The van der Waals surface area contributed by atoms with Crippen molar-refractivity contribution in [1.29, 1.82) is 0 Å². The Balaban J connectivity index is 1.92. The molecule has 0 fully saturated rings. The van der Waals surface area contributed by atoms with Crippen molar-refractivity contribution in [3.05, 3.63) is 63.9 Å². The second-order valence-corrected chi connectivity index (χ2v) is 6.28. The van der Waals surface area contributed by atoms with Gasteiger partial charge in [-0.05, 0) is 64.0 Å². The van der Waals surface area contributed by atoms with Gasteiger partial charge in [-0.3, -0.25) is 0 Å². The van der Waals surface area contributed by atoms with E-state index in [1.807, 2.05) is 0 Å². The molecule has 0 bridgehead atoms. The van der Waals surface area contributed by atoms with Gasteiger partial charge in [-0.1, -0.05) is 31.2 Å². The van der Waals surface area contributed by atoms with Crippen LogP contribution in [-0.4, -0.2) is 0 Å². The minimum absolute atomic E-state index is 0.215. The van der Waals surface area contributed by atoms with Gasteiger partial charge in [0, 0.05) is 4.47 Å². The number of hydrogen-bond donors (Lipinski definition) is 1. The first kappa shape index (κ1) is 13.6. The summed E-state index contributed by atoms with van der Waals surface area (Å²) in [6.45, 7) is 2.27. The lowest BCUT2D eigenvalue weighted by Gasteiger charge is -2.31. The zero-order chi connectivity index (χ0) is 14.1. The van der Waals surface area contributed by atoms with E-state index in [-0.39, 0.29) is 11.9 Å². The van der Waals surface area contributed by atoms with Crippen molar-refractivity contribution in [2.75, 3.05) is 5.32 Å². The normalized spacial score (nSPS) is 21.4. The van der Waals surface area contributed by atoms with Crippen LogP contribution in [0.1, 0.15) is 42.9 Å². The first-order valence-corrected chi connectivity index (χ1v) is 7.75. The van der Waals surface area contributed by atoms with Crippen LogP contribution >= 0.6 is 15.9 Å². The second-order valence-electron chi connectivity index (χ2n) is 5.43. The third-order valence-electron chi connectivity index (χ3n) is 4.05. The van der Waals surface area contributed by atoms with Gasteiger partial charge in [-0.25, -0.2) is 4.39 Å². The van der Waals surface area contributed by atoms with Crippen LogP contribution in [0, 0.1) is 5.82 Å². The number of hydrogen-bond acceptors (Lipinski definition) is 1. The molecule has 2 unspecified atom stereocenters. The van der Waals surface area contributed by atoms with Crippen molar-refractivity contribution in [2.24, 2.45) is 0 Å². The molecule has 0 saturated carbocycles. The fraction of sp³-hybridized carbons (Fsp3) is 0.294. The number of halogens is 2. The smallest absolute Gasteiger partial charge is 0.125 e. The molecule has 3 heteroatoms. The van der Waals surface area contributed by atoms with Crippen molar-refractivity contribution in [1.82, 2.24) is 0 Å². The maximum Gasteiger partial charge on any atom is 0.125 e. The highest BCUT2D eigenvalue weighted by atomic mass is 79.9. The van der Waals surface area contributed by atoms with Gasteiger partial charge in [0.25, 0.3) is 0 Å². The fourth-order valence-electron chi connectivity index (χ4n) is 2.95. The van der Waals surface area contributed by atoms with Crippen molar-refractivity contribution in [3.8, 4) is 0 Å². The van der Waals surface area contributed by atoms with E-state index in [1.54, 1.807) is 12.1 Å². The molecule has 1 nitrogen and oxygen atoms in total. The van der Waals surface area contributed by atoms with Gasteiger partial charge in [0.1, 0.15) is 5.82 Å². The van der Waals surface area contributed by atoms with E-state index in [9.17, 15) is 4.39 Å². The van der Waals surface area contributed by atoms with E-state index in [4.69, 9.17) is 0 Å². The van der Waals surface area contributed by atoms with Gasteiger partial charge >= 0.3 is 0 Å². The molecule has 0 radical (unpaired) electrons. The Kier molecular flexibility index (Phi) is 3.79. The Morgan fingerprint density at radius 3 is 2.65 bits per heavy atom. The zero-order valence-corrected chi connectivity index (χ0v) is 13.0. The first-order chi connectivity index (χ1) is 9.65. The molecule has 1 aliphatic rings. The summed E-state index contributed by atoms with van der Waals surface area (Å²) in [5.41, 5.74) is 3.56. The maximum atomic E-state index is 13.4. The Morgan fingerprint density at radius 1 is 1.10 bits per heavy atom. The number of rotatable bonds is 2. The highest BCUT2D eigenvalue weighted by molar-refractivity contribution is 9.10. The highest BCUT2D eigenvalue weighted by Crippen LogP contribution is 2.39. The number of anilines is 1. The number of benzene rings is 2. The molecule has 0 saturated heterocycles. The molecule has 0 amide bonds. The third-order valence-corrected chi connectivity index (χ3v) is 4.74. The predicted molar refractivity (Wildman–Crippen MR) is 84.6 cm³/mol. The van der Waals surface area contributed by atoms with Crippen molar-refractivity contribution in [2.45, 2.75) is 31.7 Å². The summed E-state index contributed by atoms with van der Waals surface area (Å²) < 4.78 is 14.3. The summed E-state index contributed by atoms with van der Waals surface area (Å²) in [4.78, 5) is 0. The van der Waals surface area contributed by atoms with Gasteiger partial charge in [0.05, 0.1) is 11.7 Å². The summed E-state index contributed by atoms with van der Waals surface area (Å²) in [5.74, 6) is 0.383. The summed E-state index contributed by atoms with van der Waals surface area (Å²) >= 11 is 3.48. The molecule has 1 N–H and O–H groups in total. The van der Waals surface area contributed by atoms with Crippen LogP contribution in [0.15, 0.2) is 46.9 Å². The molecular formula is C17H17BrFN. The Hall–Kier alpha value is -1.35. The largest absolute Gasteiger partial charge is 0.377 e. The lowest BCUT2D eigenvalue weighted by Crippen LogP contribution is -2.19. The predicted octanol–water partition coefficient (Wildman–Crippen LogP) is 5.64. The molecule has 0 spiro atoms. The third kappa shape index (κ3) is 2.59. The van der Waals surface area contributed by atoms with Crippen LogP contribution in [0.2, 0.25) is 0 Å². The quantitative estimate of drug-likeness (QED) is 0.749. The van der Waals surface area contributed by atoms with Crippen LogP contribution in [-0.2, 0) is 0 Å². The van der Waals surface area contributed by atoms with Crippen molar-refractivity contribution in [3.63, 3.8) is 0 Å². The molecule has 2 aromatic rings. The molecule has 0 aliphatic heterocycles. The second kappa shape index (κ2) is 5.57. The van der Waals surface area contributed by atoms with Gasteiger partial charge < -0.3 is 5.32 Å². The Bertz CT molecular complexity index is 626. The highest BCUT2D eigenvalue weighted by Gasteiger charge is 2.24. The fourth-order valence-corrected chi connectivity index (χ4v) is 3.31. The van der Waals surface area contributed by atoms with Crippen molar-refractivity contribution < 1.29 is 4.39 Å². The monoisotopic (exact) mass is 333 g/mol. The lowest BCUT2D eigenvalue weighted by molar-refractivity contribution is 0.534. The van der Waals surface area contributed by atoms with E-state index < -0.39 is 0 Å². The summed E-state index contributed by atoms with van der Waals surface area (Å²) in [7, 11) is 0. The standard InChI is InChI=1S/C17H17BrFN/c1-11-6-9-16(14-5-3-2-4-13(11)14)20-17-10-12(19)7-8-15(17)18/h2-5,7-8,10-11,16,20H,6,9H2,1H3. The van der Waals surface area contributed by atoms with Crippen LogP contribution < -0.4 is 5.32 Å². The van der Waals surface area contributed by atoms with Crippen LogP contribution in [0.4, 0.5) is 10.1 Å². The summed E-state index contributed by atoms with van der Waals surface area (Å²) in [5, 5.41) is 3.48. The number of nitrogens with one attached hydrogen (secondary N) is 1. The van der Waals surface area contributed by atoms with Gasteiger partial charge in [0.2, 0.25) is 0 Å². The van der Waals surface area contributed by atoms with Gasteiger partial charge in [-0.2, -0.15) is 0 Å². The number of fused-ring (bicyclic) bond motifs is 1. The first-order valence-electron chi connectivity index (χ1n) is 6.95. The topological polar surface area (TPSA) is 12.0 Å². The summed E-state index contributed by atoms with van der Waals surface area (Å²) in [6, 6.07) is 13.6. The molecular weight excluding hydrogens is 317 g/mol. The zero-order valence-electron chi connectivity index (χ0n) is 11.4. The SMILES string of the molecule is CC1CCC(Nc2cc(F)ccc2Br)c2ccccc21. The van der Waals surface area contributed by atoms with E-state index in [1.165, 1.54) is 17.2 Å². The molecule has 20 heavy (non-hydrogen) atoms. The van der Waals surface area contributed by atoms with Gasteiger partial charge in [0.15, 0.2) is 0 Å². The molecule has 0 aromatic heterocycles. The van der Waals surface area contributed by atoms with E-state index in [0.717, 1.165) is 23.0 Å². The van der Waals surface area contributed by atoms with Crippen LogP contribution in [0.3, 0.4) is 0 Å². The van der Waals surface area contributed by atoms with E-state index >= 15 is 0 Å².